The molecule has 7 heteroatoms. The Hall–Kier alpha value is -2.80. The highest BCUT2D eigenvalue weighted by Gasteiger charge is 2.10. The van der Waals surface area contributed by atoms with E-state index >= 15 is 0 Å². The summed E-state index contributed by atoms with van der Waals surface area (Å²) in [5, 5.41) is 14.6. The fourth-order valence-electron chi connectivity index (χ4n) is 3.39. The second kappa shape index (κ2) is 10.7. The summed E-state index contributed by atoms with van der Waals surface area (Å²) >= 11 is 0. The molecule has 0 saturated carbocycles. The van der Waals surface area contributed by atoms with Crippen LogP contribution in [-0.4, -0.2) is 44.5 Å². The Morgan fingerprint density at radius 1 is 1.00 bits per heavy atom. The van der Waals surface area contributed by atoms with Gasteiger partial charge in [-0.1, -0.05) is 32.1 Å². The van der Waals surface area contributed by atoms with Crippen LogP contribution in [0.3, 0.4) is 0 Å². The standard InChI is InChI=1S/C22H28N4O3/c1-29-12-8-6-4-2-3-5-7-11-26-21-16-24-20(14-18(21)15-25-26)19-13-17(22(27)28)9-10-23-19/h9-10,13-16H,2-8,11-12H2,1H3,(H,27,28). The van der Waals surface area contributed by atoms with Crippen LogP contribution in [0, 0.1) is 0 Å². The van der Waals surface area contributed by atoms with Gasteiger partial charge in [0.2, 0.25) is 0 Å². The molecule has 0 bridgehead atoms. The van der Waals surface area contributed by atoms with Crippen LogP contribution in [0.2, 0.25) is 0 Å². The number of rotatable bonds is 12. The smallest absolute Gasteiger partial charge is 0.335 e. The molecule has 0 atom stereocenters. The van der Waals surface area contributed by atoms with E-state index in [0.29, 0.717) is 11.4 Å². The molecule has 29 heavy (non-hydrogen) atoms. The van der Waals surface area contributed by atoms with E-state index in [1.54, 1.807) is 13.3 Å². The third kappa shape index (κ3) is 5.84. The van der Waals surface area contributed by atoms with Crippen molar-refractivity contribution in [3.8, 4) is 11.4 Å². The molecule has 0 aromatic carbocycles. The van der Waals surface area contributed by atoms with Gasteiger partial charge in [0, 0.05) is 31.8 Å². The van der Waals surface area contributed by atoms with Gasteiger partial charge in [-0.05, 0) is 31.0 Å². The molecule has 3 aromatic rings. The fraction of sp³-hybridized carbons (Fsp3) is 0.455. The first-order valence-corrected chi connectivity index (χ1v) is 10.2. The van der Waals surface area contributed by atoms with Gasteiger partial charge in [0.25, 0.3) is 0 Å². The summed E-state index contributed by atoms with van der Waals surface area (Å²) in [6.45, 7) is 1.74. The van der Waals surface area contributed by atoms with Crippen LogP contribution in [0.15, 0.2) is 36.8 Å². The lowest BCUT2D eigenvalue weighted by atomic mass is 10.1. The van der Waals surface area contributed by atoms with E-state index in [1.165, 1.54) is 50.4 Å². The van der Waals surface area contributed by atoms with Crippen molar-refractivity contribution in [2.24, 2.45) is 0 Å². The van der Waals surface area contributed by atoms with E-state index < -0.39 is 5.97 Å². The van der Waals surface area contributed by atoms with Gasteiger partial charge in [0.1, 0.15) is 0 Å². The lowest BCUT2D eigenvalue weighted by Crippen LogP contribution is -2.00. The quantitative estimate of drug-likeness (QED) is 0.451. The van der Waals surface area contributed by atoms with Gasteiger partial charge < -0.3 is 9.84 Å². The van der Waals surface area contributed by atoms with E-state index in [-0.39, 0.29) is 5.56 Å². The van der Waals surface area contributed by atoms with Crippen LogP contribution in [0.25, 0.3) is 22.3 Å². The summed E-state index contributed by atoms with van der Waals surface area (Å²) in [7, 11) is 1.75. The minimum Gasteiger partial charge on any atom is -0.478 e. The number of unbranched alkanes of at least 4 members (excludes halogenated alkanes) is 6. The first-order chi connectivity index (χ1) is 14.2. The summed E-state index contributed by atoms with van der Waals surface area (Å²) in [4.78, 5) is 19.9. The predicted molar refractivity (Wildman–Crippen MR) is 112 cm³/mol. The highest BCUT2D eigenvalue weighted by atomic mass is 16.5. The Balaban J connectivity index is 1.53. The molecule has 0 radical (unpaired) electrons. The zero-order valence-corrected chi connectivity index (χ0v) is 16.9. The number of aromatic carboxylic acids is 1. The van der Waals surface area contributed by atoms with Crippen LogP contribution in [0.4, 0.5) is 0 Å². The number of carbonyl (C=O) groups is 1. The summed E-state index contributed by atoms with van der Waals surface area (Å²) < 4.78 is 7.06. The Kier molecular flexibility index (Phi) is 7.69. The number of carboxylic acid groups (broad SMARTS) is 1. The molecule has 0 aliphatic rings. The van der Waals surface area contributed by atoms with E-state index in [9.17, 15) is 4.79 Å². The zero-order chi connectivity index (χ0) is 20.5. The van der Waals surface area contributed by atoms with Crippen LogP contribution in [0.5, 0.6) is 0 Å². The first-order valence-electron chi connectivity index (χ1n) is 10.2. The van der Waals surface area contributed by atoms with Gasteiger partial charge in [-0.25, -0.2) is 4.79 Å². The van der Waals surface area contributed by atoms with Gasteiger partial charge in [-0.2, -0.15) is 5.10 Å². The van der Waals surface area contributed by atoms with Crippen molar-refractivity contribution in [2.45, 2.75) is 51.5 Å². The lowest BCUT2D eigenvalue weighted by Gasteiger charge is -2.05. The largest absolute Gasteiger partial charge is 0.478 e. The molecule has 0 fully saturated rings. The van der Waals surface area contributed by atoms with E-state index in [2.05, 4.69) is 15.1 Å². The minimum atomic E-state index is -0.975. The highest BCUT2D eigenvalue weighted by molar-refractivity contribution is 5.89. The Bertz CT molecular complexity index is 939. The summed E-state index contributed by atoms with van der Waals surface area (Å²) in [5.74, 6) is -0.975. The summed E-state index contributed by atoms with van der Waals surface area (Å²) in [6.07, 6.45) is 13.6. The van der Waals surface area contributed by atoms with E-state index in [4.69, 9.17) is 9.84 Å². The first kappa shape index (κ1) is 20.9. The van der Waals surface area contributed by atoms with Crippen molar-refractivity contribution >= 4 is 16.9 Å². The molecule has 0 unspecified atom stereocenters. The maximum absolute atomic E-state index is 11.2. The van der Waals surface area contributed by atoms with Gasteiger partial charge in [-0.3, -0.25) is 14.6 Å². The minimum absolute atomic E-state index is 0.200. The molecule has 3 heterocycles. The third-order valence-corrected chi connectivity index (χ3v) is 5.02. The number of nitrogens with zero attached hydrogens (tertiary/aromatic N) is 4. The molecule has 0 amide bonds. The average Bonchev–Trinajstić information content (AvgIpc) is 3.15. The topological polar surface area (TPSA) is 90.1 Å². The van der Waals surface area contributed by atoms with E-state index in [0.717, 1.165) is 36.9 Å². The zero-order valence-electron chi connectivity index (χ0n) is 16.9. The monoisotopic (exact) mass is 396 g/mol. The highest BCUT2D eigenvalue weighted by Crippen LogP contribution is 2.21. The Labute approximate surface area is 170 Å². The fourth-order valence-corrected chi connectivity index (χ4v) is 3.39. The SMILES string of the molecule is COCCCCCCCCCn1ncc2cc(-c3cc(C(=O)O)ccn3)ncc21. The molecule has 7 nitrogen and oxygen atoms in total. The number of carboxylic acids is 1. The van der Waals surface area contributed by atoms with Crippen LogP contribution >= 0.6 is 0 Å². The Morgan fingerprint density at radius 2 is 1.72 bits per heavy atom. The summed E-state index contributed by atoms with van der Waals surface area (Å²) in [6, 6.07) is 4.92. The molecule has 1 N–H and O–H groups in total. The van der Waals surface area contributed by atoms with Crippen molar-refractivity contribution in [3.63, 3.8) is 0 Å². The number of hydrogen-bond acceptors (Lipinski definition) is 5. The molecule has 0 aliphatic heterocycles. The van der Waals surface area contributed by atoms with Crippen molar-refractivity contribution in [2.75, 3.05) is 13.7 Å². The average molecular weight is 396 g/mol. The van der Waals surface area contributed by atoms with E-state index in [1.807, 2.05) is 16.9 Å². The number of fused-ring (bicyclic) bond motifs is 1. The Morgan fingerprint density at radius 3 is 2.48 bits per heavy atom. The number of aryl methyl sites for hydroxylation is 1. The van der Waals surface area contributed by atoms with Crippen molar-refractivity contribution in [3.05, 3.63) is 42.4 Å². The molecular weight excluding hydrogens is 368 g/mol. The molecule has 3 rings (SSSR count). The molecule has 3 aromatic heterocycles. The maximum Gasteiger partial charge on any atom is 0.335 e. The maximum atomic E-state index is 11.2. The van der Waals surface area contributed by atoms with Crippen molar-refractivity contribution in [1.29, 1.82) is 0 Å². The lowest BCUT2D eigenvalue weighted by molar-refractivity contribution is 0.0697. The van der Waals surface area contributed by atoms with Crippen LogP contribution < -0.4 is 0 Å². The molecular formula is C22H28N4O3. The normalized spacial score (nSPS) is 11.2. The number of methoxy groups -OCH3 is 1. The number of aromatic nitrogens is 4. The second-order valence-corrected chi connectivity index (χ2v) is 7.20. The molecule has 0 saturated heterocycles. The van der Waals surface area contributed by atoms with Gasteiger partial charge in [-0.15, -0.1) is 0 Å². The van der Waals surface area contributed by atoms with Crippen molar-refractivity contribution in [1.82, 2.24) is 19.7 Å². The van der Waals surface area contributed by atoms with Gasteiger partial charge >= 0.3 is 5.97 Å². The predicted octanol–water partition coefficient (Wildman–Crippen LogP) is 4.57. The van der Waals surface area contributed by atoms with Gasteiger partial charge in [0.05, 0.1) is 34.9 Å². The third-order valence-electron chi connectivity index (χ3n) is 5.02. The number of pyridine rings is 2. The van der Waals surface area contributed by atoms with Gasteiger partial charge in [0.15, 0.2) is 0 Å². The summed E-state index contributed by atoms with van der Waals surface area (Å²) in [5.41, 5.74) is 2.38. The number of hydrogen-bond donors (Lipinski definition) is 1. The van der Waals surface area contributed by atoms with Crippen LogP contribution in [-0.2, 0) is 11.3 Å². The molecule has 0 spiro atoms. The molecule has 154 valence electrons. The van der Waals surface area contributed by atoms with Crippen molar-refractivity contribution < 1.29 is 14.6 Å². The molecule has 0 aliphatic carbocycles. The van der Waals surface area contributed by atoms with Crippen LogP contribution in [0.1, 0.15) is 55.3 Å². The number of ether oxygens (including phenoxy) is 1. The second-order valence-electron chi connectivity index (χ2n) is 7.20.